The molecule has 1 saturated heterocycles. The first kappa shape index (κ1) is 15.0. The van der Waals surface area contributed by atoms with Gasteiger partial charge in [0.1, 0.15) is 0 Å². The second kappa shape index (κ2) is 6.89. The van der Waals surface area contributed by atoms with Crippen LogP contribution in [-0.2, 0) is 11.2 Å². The molecule has 1 aromatic carbocycles. The zero-order valence-electron chi connectivity index (χ0n) is 12.7. The van der Waals surface area contributed by atoms with E-state index in [4.69, 9.17) is 0 Å². The molecular formula is C17H26N2O. The van der Waals surface area contributed by atoms with Crippen LogP contribution >= 0.6 is 0 Å². The van der Waals surface area contributed by atoms with Crippen LogP contribution in [-0.4, -0.2) is 23.0 Å². The first-order valence-electron chi connectivity index (χ1n) is 7.70. The molecule has 1 fully saturated rings. The van der Waals surface area contributed by atoms with E-state index < -0.39 is 0 Å². The predicted octanol–water partition coefficient (Wildman–Crippen LogP) is 3.31. The number of aryl methyl sites for hydroxylation is 1. The first-order chi connectivity index (χ1) is 9.59. The summed E-state index contributed by atoms with van der Waals surface area (Å²) in [5, 5.41) is 1.84. The van der Waals surface area contributed by atoms with Gasteiger partial charge in [-0.25, -0.2) is 5.43 Å². The van der Waals surface area contributed by atoms with Crippen LogP contribution in [0.15, 0.2) is 30.3 Å². The molecule has 0 saturated carbocycles. The quantitative estimate of drug-likeness (QED) is 0.807. The molecule has 1 amide bonds. The molecule has 0 bridgehead atoms. The highest BCUT2D eigenvalue weighted by molar-refractivity contribution is 5.76. The second-order valence-corrected chi connectivity index (χ2v) is 6.25. The van der Waals surface area contributed by atoms with Crippen molar-refractivity contribution in [2.75, 3.05) is 6.54 Å². The average Bonchev–Trinajstić information content (AvgIpc) is 2.79. The Bertz CT molecular complexity index is 428. The van der Waals surface area contributed by atoms with E-state index in [1.165, 1.54) is 5.56 Å². The number of hydrogen-bond acceptors (Lipinski definition) is 2. The maximum atomic E-state index is 12.2. The second-order valence-electron chi connectivity index (χ2n) is 6.25. The highest BCUT2D eigenvalue weighted by Gasteiger charge is 2.34. The monoisotopic (exact) mass is 274 g/mol. The van der Waals surface area contributed by atoms with Crippen molar-refractivity contribution in [1.82, 2.24) is 10.4 Å². The Morgan fingerprint density at radius 3 is 2.60 bits per heavy atom. The number of nitrogens with zero attached hydrogens (tertiary/aromatic N) is 1. The van der Waals surface area contributed by atoms with E-state index in [1.807, 2.05) is 11.1 Å². The number of hydrazine groups is 1. The summed E-state index contributed by atoms with van der Waals surface area (Å²) in [7, 11) is 0. The van der Waals surface area contributed by atoms with Crippen molar-refractivity contribution in [3.8, 4) is 0 Å². The molecule has 3 heteroatoms. The van der Waals surface area contributed by atoms with Gasteiger partial charge in [-0.1, -0.05) is 36.8 Å². The lowest BCUT2D eigenvalue weighted by Gasteiger charge is -2.30. The van der Waals surface area contributed by atoms with Crippen molar-refractivity contribution >= 4 is 5.91 Å². The molecule has 110 valence electrons. The van der Waals surface area contributed by atoms with Crippen LogP contribution in [0.2, 0.25) is 0 Å². The minimum absolute atomic E-state index is 0.0267. The van der Waals surface area contributed by atoms with Gasteiger partial charge in [0.15, 0.2) is 0 Å². The van der Waals surface area contributed by atoms with Crippen LogP contribution in [0.25, 0.3) is 0 Å². The largest absolute Gasteiger partial charge is 0.273 e. The van der Waals surface area contributed by atoms with Gasteiger partial charge in [0.25, 0.3) is 0 Å². The molecule has 1 N–H and O–H groups in total. The lowest BCUT2D eigenvalue weighted by molar-refractivity contribution is -0.137. The van der Waals surface area contributed by atoms with Gasteiger partial charge >= 0.3 is 0 Å². The van der Waals surface area contributed by atoms with Crippen LogP contribution in [0.1, 0.15) is 51.5 Å². The van der Waals surface area contributed by atoms with Gasteiger partial charge in [0.2, 0.25) is 5.91 Å². The van der Waals surface area contributed by atoms with E-state index in [-0.39, 0.29) is 11.4 Å². The van der Waals surface area contributed by atoms with Crippen LogP contribution in [0.4, 0.5) is 0 Å². The van der Waals surface area contributed by atoms with E-state index in [0.29, 0.717) is 6.42 Å². The number of nitrogens with one attached hydrogen (secondary N) is 1. The molecule has 0 aliphatic carbocycles. The van der Waals surface area contributed by atoms with E-state index >= 15 is 0 Å². The smallest absolute Gasteiger partial charge is 0.237 e. The normalized spacial score (nSPS) is 17.4. The van der Waals surface area contributed by atoms with Crippen molar-refractivity contribution in [3.63, 3.8) is 0 Å². The Morgan fingerprint density at radius 1 is 1.20 bits per heavy atom. The molecule has 0 radical (unpaired) electrons. The van der Waals surface area contributed by atoms with Crippen molar-refractivity contribution in [2.45, 2.75) is 57.9 Å². The van der Waals surface area contributed by atoms with Gasteiger partial charge in [0.05, 0.1) is 5.54 Å². The molecule has 20 heavy (non-hydrogen) atoms. The Balaban J connectivity index is 1.63. The summed E-state index contributed by atoms with van der Waals surface area (Å²) >= 11 is 0. The number of hydrogen-bond donors (Lipinski definition) is 1. The average molecular weight is 274 g/mol. The summed E-state index contributed by atoms with van der Waals surface area (Å²) in [4.78, 5) is 12.2. The highest BCUT2D eigenvalue weighted by Crippen LogP contribution is 2.23. The number of unbranched alkanes of at least 4 members (excludes halogenated alkanes) is 2. The summed E-state index contributed by atoms with van der Waals surface area (Å²) in [6.45, 7) is 5.16. The third-order valence-corrected chi connectivity index (χ3v) is 4.06. The van der Waals surface area contributed by atoms with E-state index in [9.17, 15) is 4.79 Å². The maximum absolute atomic E-state index is 12.2. The fraction of sp³-hybridized carbons (Fsp3) is 0.588. The maximum Gasteiger partial charge on any atom is 0.237 e. The van der Waals surface area contributed by atoms with Gasteiger partial charge in [-0.05, 0) is 45.1 Å². The van der Waals surface area contributed by atoms with Gasteiger partial charge in [-0.3, -0.25) is 9.80 Å². The summed E-state index contributed by atoms with van der Waals surface area (Å²) in [6.07, 6.45) is 6.07. The lowest BCUT2D eigenvalue weighted by atomic mass is 10.0. The van der Waals surface area contributed by atoms with Gasteiger partial charge in [-0.15, -0.1) is 0 Å². The molecule has 0 aromatic heterocycles. The van der Waals surface area contributed by atoms with Crippen LogP contribution < -0.4 is 5.43 Å². The van der Waals surface area contributed by atoms with Crippen LogP contribution in [0.5, 0.6) is 0 Å². The summed E-state index contributed by atoms with van der Waals surface area (Å²) < 4.78 is 0. The zero-order valence-corrected chi connectivity index (χ0v) is 12.7. The molecule has 1 aromatic rings. The number of amides is 1. The molecule has 3 nitrogen and oxygen atoms in total. The third-order valence-electron chi connectivity index (χ3n) is 4.06. The summed E-state index contributed by atoms with van der Waals surface area (Å²) in [5.74, 6) is 0.243. The van der Waals surface area contributed by atoms with Crippen LogP contribution in [0.3, 0.4) is 0 Å². The number of carbonyl (C=O) groups excluding carboxylic acids is 1. The minimum atomic E-state index is -0.0267. The van der Waals surface area contributed by atoms with E-state index in [2.05, 4.69) is 43.5 Å². The zero-order chi connectivity index (χ0) is 14.4. The van der Waals surface area contributed by atoms with E-state index in [1.54, 1.807) is 0 Å². The summed E-state index contributed by atoms with van der Waals surface area (Å²) in [6, 6.07) is 10.6. The molecular weight excluding hydrogens is 248 g/mol. The van der Waals surface area contributed by atoms with Crippen LogP contribution in [0, 0.1) is 0 Å². The van der Waals surface area contributed by atoms with Crippen molar-refractivity contribution in [1.29, 1.82) is 0 Å². The topological polar surface area (TPSA) is 32.3 Å². The molecule has 0 spiro atoms. The third kappa shape index (κ3) is 4.07. The molecule has 2 rings (SSSR count). The van der Waals surface area contributed by atoms with Crippen molar-refractivity contribution in [2.24, 2.45) is 0 Å². The Hall–Kier alpha value is -1.35. The fourth-order valence-electron chi connectivity index (χ4n) is 2.76. The molecule has 0 unspecified atom stereocenters. The molecule has 1 aliphatic rings. The molecule has 1 heterocycles. The number of carbonyl (C=O) groups is 1. The molecule has 0 atom stereocenters. The lowest BCUT2D eigenvalue weighted by Crippen LogP contribution is -2.47. The van der Waals surface area contributed by atoms with Gasteiger partial charge in [0, 0.05) is 13.0 Å². The van der Waals surface area contributed by atoms with Crippen molar-refractivity contribution in [3.05, 3.63) is 35.9 Å². The fourth-order valence-corrected chi connectivity index (χ4v) is 2.76. The van der Waals surface area contributed by atoms with E-state index in [0.717, 1.165) is 38.6 Å². The Labute approximate surface area is 122 Å². The van der Waals surface area contributed by atoms with Gasteiger partial charge < -0.3 is 0 Å². The predicted molar refractivity (Wildman–Crippen MR) is 82.2 cm³/mol. The first-order valence-corrected chi connectivity index (χ1v) is 7.70. The van der Waals surface area contributed by atoms with Crippen molar-refractivity contribution < 1.29 is 4.79 Å². The summed E-state index contributed by atoms with van der Waals surface area (Å²) in [5.41, 5.74) is 4.56. The Morgan fingerprint density at radius 2 is 1.95 bits per heavy atom. The SMILES string of the molecule is CC1(C)CCNN1C(=O)CCCCCc1ccccc1. The number of benzene rings is 1. The standard InChI is InChI=1S/C17H26N2O/c1-17(2)13-14-18-19(17)16(20)12-8-4-7-11-15-9-5-3-6-10-15/h3,5-6,9-10,18H,4,7-8,11-14H2,1-2H3. The minimum Gasteiger partial charge on any atom is -0.273 e. The Kier molecular flexibility index (Phi) is 5.18. The number of rotatable bonds is 6. The molecule has 1 aliphatic heterocycles. The highest BCUT2D eigenvalue weighted by atomic mass is 16.2. The van der Waals surface area contributed by atoms with Gasteiger partial charge in [-0.2, -0.15) is 0 Å².